The van der Waals surface area contributed by atoms with E-state index in [-0.39, 0.29) is 40.7 Å². The molecule has 0 bridgehead atoms. The second-order valence-corrected chi connectivity index (χ2v) is 9.07. The summed E-state index contributed by atoms with van der Waals surface area (Å²) >= 11 is 6.40. The topological polar surface area (TPSA) is 114 Å². The number of aryl methyl sites for hydroxylation is 1. The number of carbonyl (C=O) groups is 4. The van der Waals surface area contributed by atoms with Crippen LogP contribution in [0.15, 0.2) is 42.0 Å². The molecule has 2 fully saturated rings. The SMILES string of the molecule is COc1cc(/C=C2\C(=O)NC(=O)N(C3CCCC3)C2=O)cc(Cl)c1OCC(=O)Nc1ccc(C)cc1. The van der Waals surface area contributed by atoms with Gasteiger partial charge in [0.2, 0.25) is 0 Å². The van der Waals surface area contributed by atoms with Crippen LogP contribution in [0.4, 0.5) is 10.5 Å². The Kier molecular flexibility index (Phi) is 7.59. The van der Waals surface area contributed by atoms with Crippen molar-refractivity contribution in [2.24, 2.45) is 0 Å². The number of rotatable bonds is 7. The third kappa shape index (κ3) is 5.52. The van der Waals surface area contributed by atoms with E-state index in [9.17, 15) is 19.2 Å². The number of amides is 5. The summed E-state index contributed by atoms with van der Waals surface area (Å²) in [6.07, 6.45) is 4.63. The summed E-state index contributed by atoms with van der Waals surface area (Å²) in [6, 6.07) is 9.42. The fourth-order valence-corrected chi connectivity index (χ4v) is 4.54. The fraction of sp³-hybridized carbons (Fsp3) is 0.308. The second-order valence-electron chi connectivity index (χ2n) is 8.67. The smallest absolute Gasteiger partial charge is 0.331 e. The quantitative estimate of drug-likeness (QED) is 0.427. The van der Waals surface area contributed by atoms with Crippen molar-refractivity contribution in [3.05, 3.63) is 58.1 Å². The maximum absolute atomic E-state index is 13.0. The summed E-state index contributed by atoms with van der Waals surface area (Å²) in [5, 5.41) is 5.10. The number of methoxy groups -OCH3 is 1. The zero-order valence-electron chi connectivity index (χ0n) is 19.9. The van der Waals surface area contributed by atoms with E-state index in [2.05, 4.69) is 10.6 Å². The molecule has 2 aromatic rings. The van der Waals surface area contributed by atoms with E-state index in [4.69, 9.17) is 21.1 Å². The highest BCUT2D eigenvalue weighted by Gasteiger charge is 2.40. The first-order valence-corrected chi connectivity index (χ1v) is 11.9. The molecular formula is C26H26ClN3O6. The van der Waals surface area contributed by atoms with E-state index in [0.29, 0.717) is 24.1 Å². The minimum Gasteiger partial charge on any atom is -0.493 e. The lowest BCUT2D eigenvalue weighted by Crippen LogP contribution is -2.57. The molecule has 36 heavy (non-hydrogen) atoms. The molecule has 1 aliphatic heterocycles. The third-order valence-electron chi connectivity index (χ3n) is 6.07. The van der Waals surface area contributed by atoms with Gasteiger partial charge in [0.05, 0.1) is 12.1 Å². The summed E-state index contributed by atoms with van der Waals surface area (Å²) in [6.45, 7) is 1.63. The van der Waals surface area contributed by atoms with Gasteiger partial charge in [0, 0.05) is 11.7 Å². The number of ether oxygens (including phenoxy) is 2. The standard InChI is InChI=1S/C26H26ClN3O6/c1-15-7-9-17(10-8-15)28-22(31)14-36-23-20(27)12-16(13-21(23)35-2)11-19-24(32)29-26(34)30(25(19)33)18-5-3-4-6-18/h7-13,18H,3-6,14H2,1-2H3,(H,28,31)(H,29,32,34)/b19-11+. The highest BCUT2D eigenvalue weighted by atomic mass is 35.5. The van der Waals surface area contributed by atoms with Crippen molar-refractivity contribution < 1.29 is 28.7 Å². The maximum Gasteiger partial charge on any atom is 0.331 e. The molecule has 1 saturated heterocycles. The minimum absolute atomic E-state index is 0.122. The van der Waals surface area contributed by atoms with Gasteiger partial charge in [-0.25, -0.2) is 4.79 Å². The summed E-state index contributed by atoms with van der Waals surface area (Å²) in [5.74, 6) is -1.45. The Hall–Kier alpha value is -3.85. The lowest BCUT2D eigenvalue weighted by molar-refractivity contribution is -0.131. The number of urea groups is 1. The monoisotopic (exact) mass is 511 g/mol. The summed E-state index contributed by atoms with van der Waals surface area (Å²) < 4.78 is 11.0. The number of imide groups is 2. The van der Waals surface area contributed by atoms with Crippen molar-refractivity contribution in [2.45, 2.75) is 38.6 Å². The number of hydrogen-bond donors (Lipinski definition) is 2. The number of benzene rings is 2. The van der Waals surface area contributed by atoms with Crippen molar-refractivity contribution in [2.75, 3.05) is 19.0 Å². The average Bonchev–Trinajstić information content (AvgIpc) is 3.36. The molecule has 2 N–H and O–H groups in total. The van der Waals surface area contributed by atoms with Crippen LogP contribution in [-0.4, -0.2) is 48.4 Å². The Bertz CT molecular complexity index is 1230. The molecule has 1 heterocycles. The van der Waals surface area contributed by atoms with Crippen LogP contribution in [-0.2, 0) is 14.4 Å². The van der Waals surface area contributed by atoms with Crippen LogP contribution in [0.3, 0.4) is 0 Å². The number of hydrogen-bond acceptors (Lipinski definition) is 6. The zero-order valence-corrected chi connectivity index (χ0v) is 20.7. The predicted octanol–water partition coefficient (Wildman–Crippen LogP) is 4.08. The van der Waals surface area contributed by atoms with Crippen LogP contribution in [0, 0.1) is 6.92 Å². The highest BCUT2D eigenvalue weighted by Crippen LogP contribution is 2.37. The van der Waals surface area contributed by atoms with Crippen LogP contribution in [0.25, 0.3) is 6.08 Å². The van der Waals surface area contributed by atoms with Crippen LogP contribution < -0.4 is 20.1 Å². The molecule has 9 nitrogen and oxygen atoms in total. The molecule has 2 aromatic carbocycles. The highest BCUT2D eigenvalue weighted by molar-refractivity contribution is 6.33. The number of nitrogens with one attached hydrogen (secondary N) is 2. The number of halogens is 1. The van der Waals surface area contributed by atoms with Gasteiger partial charge in [-0.3, -0.25) is 24.6 Å². The van der Waals surface area contributed by atoms with Crippen molar-refractivity contribution in [1.29, 1.82) is 0 Å². The predicted molar refractivity (Wildman–Crippen MR) is 134 cm³/mol. The van der Waals surface area contributed by atoms with E-state index < -0.39 is 17.8 Å². The molecule has 5 amide bonds. The first kappa shape index (κ1) is 25.2. The van der Waals surface area contributed by atoms with Crippen LogP contribution >= 0.6 is 11.6 Å². The molecular weight excluding hydrogens is 486 g/mol. The fourth-order valence-electron chi connectivity index (χ4n) is 4.27. The largest absolute Gasteiger partial charge is 0.493 e. The number of barbiturate groups is 1. The van der Waals surface area contributed by atoms with Gasteiger partial charge in [-0.2, -0.15) is 0 Å². The minimum atomic E-state index is -0.776. The molecule has 0 atom stereocenters. The van der Waals surface area contributed by atoms with E-state index >= 15 is 0 Å². The van der Waals surface area contributed by atoms with Crippen molar-refractivity contribution in [3.63, 3.8) is 0 Å². The lowest BCUT2D eigenvalue weighted by atomic mass is 10.0. The van der Waals surface area contributed by atoms with Crippen LogP contribution in [0.5, 0.6) is 11.5 Å². The Morgan fingerprint density at radius 2 is 1.86 bits per heavy atom. The Morgan fingerprint density at radius 3 is 2.53 bits per heavy atom. The summed E-state index contributed by atoms with van der Waals surface area (Å²) in [7, 11) is 1.40. The van der Waals surface area contributed by atoms with E-state index in [0.717, 1.165) is 23.3 Å². The lowest BCUT2D eigenvalue weighted by Gasteiger charge is -2.31. The van der Waals surface area contributed by atoms with Gasteiger partial charge in [-0.1, -0.05) is 42.1 Å². The molecule has 2 aliphatic rings. The molecule has 0 unspecified atom stereocenters. The number of carbonyl (C=O) groups excluding carboxylic acids is 4. The van der Waals surface area contributed by atoms with Crippen LogP contribution in [0.1, 0.15) is 36.8 Å². The van der Waals surface area contributed by atoms with E-state index in [1.165, 1.54) is 25.3 Å². The molecule has 0 aromatic heterocycles. The van der Waals surface area contributed by atoms with Gasteiger partial charge < -0.3 is 14.8 Å². The van der Waals surface area contributed by atoms with Gasteiger partial charge in [0.25, 0.3) is 17.7 Å². The van der Waals surface area contributed by atoms with Gasteiger partial charge in [-0.05, 0) is 55.7 Å². The molecule has 4 rings (SSSR count). The first-order valence-electron chi connectivity index (χ1n) is 11.5. The maximum atomic E-state index is 13.0. The molecule has 0 spiro atoms. The normalized spacial score (nSPS) is 17.4. The Labute approximate surface area is 213 Å². The van der Waals surface area contributed by atoms with Crippen molar-refractivity contribution >= 4 is 47.1 Å². The number of anilines is 1. The van der Waals surface area contributed by atoms with Gasteiger partial charge in [0.1, 0.15) is 5.57 Å². The van der Waals surface area contributed by atoms with E-state index in [1.807, 2.05) is 19.1 Å². The molecule has 1 aliphatic carbocycles. The Balaban J connectivity index is 1.51. The van der Waals surface area contributed by atoms with Crippen molar-refractivity contribution in [1.82, 2.24) is 10.2 Å². The molecule has 10 heteroatoms. The van der Waals surface area contributed by atoms with E-state index in [1.54, 1.807) is 12.1 Å². The second kappa shape index (κ2) is 10.8. The molecule has 0 radical (unpaired) electrons. The van der Waals surface area contributed by atoms with Gasteiger partial charge in [0.15, 0.2) is 18.1 Å². The molecule has 1 saturated carbocycles. The molecule has 188 valence electrons. The van der Waals surface area contributed by atoms with Crippen molar-refractivity contribution in [3.8, 4) is 11.5 Å². The summed E-state index contributed by atoms with van der Waals surface area (Å²) in [4.78, 5) is 51.2. The van der Waals surface area contributed by atoms with Gasteiger partial charge in [-0.15, -0.1) is 0 Å². The Morgan fingerprint density at radius 1 is 1.17 bits per heavy atom. The van der Waals surface area contributed by atoms with Gasteiger partial charge >= 0.3 is 6.03 Å². The van der Waals surface area contributed by atoms with Crippen LogP contribution in [0.2, 0.25) is 5.02 Å². The summed E-state index contributed by atoms with van der Waals surface area (Å²) in [5.41, 5.74) is 1.93. The third-order valence-corrected chi connectivity index (χ3v) is 6.35. The number of nitrogens with zero attached hydrogens (tertiary/aromatic N) is 1. The zero-order chi connectivity index (χ0) is 25.8. The average molecular weight is 512 g/mol. The first-order chi connectivity index (χ1) is 17.3.